The third-order valence-corrected chi connectivity index (χ3v) is 10.4. The van der Waals surface area contributed by atoms with Crippen LogP contribution in [0.1, 0.15) is 65.2 Å². The van der Waals surface area contributed by atoms with Crippen LogP contribution in [-0.2, 0) is 42.7 Å². The summed E-state index contributed by atoms with van der Waals surface area (Å²) in [5.74, 6) is -1.13. The molecule has 2 aliphatic heterocycles. The number of fused-ring (bicyclic) bond motifs is 3. The predicted molar refractivity (Wildman–Crippen MR) is 158 cm³/mol. The normalized spacial score (nSPS) is 38.6. The molecule has 3 aliphatic carbocycles. The summed E-state index contributed by atoms with van der Waals surface area (Å²) in [4.78, 5) is 28.1. The second kappa shape index (κ2) is 13.7. The lowest BCUT2D eigenvalue weighted by molar-refractivity contribution is -0.171. The zero-order valence-corrected chi connectivity index (χ0v) is 26.3. The highest BCUT2D eigenvalue weighted by molar-refractivity contribution is 5.94. The fraction of sp³-hybridized carbons (Fsp3) is 0.706. The van der Waals surface area contributed by atoms with Crippen LogP contribution in [-0.4, -0.2) is 65.2 Å². The molecule has 0 aromatic heterocycles. The molecule has 8 atom stereocenters. The van der Waals surface area contributed by atoms with Gasteiger partial charge in [0.25, 0.3) is 5.76 Å². The summed E-state index contributed by atoms with van der Waals surface area (Å²) in [7, 11) is 4.74. The van der Waals surface area contributed by atoms with Gasteiger partial charge in [-0.25, -0.2) is 4.79 Å². The number of hydrogen-bond acceptors (Lipinski definition) is 9. The number of ether oxygens (including phenoxy) is 7. The van der Waals surface area contributed by atoms with E-state index in [0.717, 1.165) is 50.5 Å². The lowest BCUT2D eigenvalue weighted by atomic mass is 9.55. The van der Waals surface area contributed by atoms with Gasteiger partial charge in [0.05, 0.1) is 25.2 Å². The maximum atomic E-state index is 14.5. The summed E-state index contributed by atoms with van der Waals surface area (Å²) in [6.45, 7) is 4.94. The Hall–Kier alpha value is -2.46. The quantitative estimate of drug-likeness (QED) is 0.152. The van der Waals surface area contributed by atoms with Crippen LogP contribution < -0.4 is 0 Å². The number of rotatable bonds is 8. The fourth-order valence-electron chi connectivity index (χ4n) is 8.14. The summed E-state index contributed by atoms with van der Waals surface area (Å²) in [5, 5.41) is 0. The van der Waals surface area contributed by atoms with Gasteiger partial charge in [-0.05, 0) is 62.4 Å². The smallest absolute Gasteiger partial charge is 0.379 e. The number of allylic oxidation sites excluding steroid dienone is 2. The minimum atomic E-state index is -1.11. The number of carbonyl (C=O) groups excluding carboxylic acids is 2. The van der Waals surface area contributed by atoms with Crippen LogP contribution in [0.4, 0.5) is 0 Å². The molecular formula is C34H48O9. The van der Waals surface area contributed by atoms with Crippen molar-refractivity contribution in [3.05, 3.63) is 47.5 Å². The second-order valence-corrected chi connectivity index (χ2v) is 12.9. The Kier molecular flexibility index (Phi) is 10.2. The van der Waals surface area contributed by atoms with Crippen molar-refractivity contribution in [3.8, 4) is 0 Å². The lowest BCUT2D eigenvalue weighted by Gasteiger charge is -2.50. The van der Waals surface area contributed by atoms with Gasteiger partial charge in [0.1, 0.15) is 13.6 Å². The molecule has 0 N–H and O–H groups in total. The Morgan fingerprint density at radius 3 is 2.56 bits per heavy atom. The molecule has 1 fully saturated rings. The summed E-state index contributed by atoms with van der Waals surface area (Å²) in [6.07, 6.45) is 17.7. The lowest BCUT2D eigenvalue weighted by Crippen LogP contribution is -2.52. The first kappa shape index (κ1) is 31.9. The summed E-state index contributed by atoms with van der Waals surface area (Å²) >= 11 is 0. The van der Waals surface area contributed by atoms with E-state index in [0.29, 0.717) is 13.0 Å². The molecule has 0 radical (unpaired) electrons. The van der Waals surface area contributed by atoms with E-state index >= 15 is 0 Å². The van der Waals surface area contributed by atoms with E-state index in [-0.39, 0.29) is 60.8 Å². The van der Waals surface area contributed by atoms with E-state index in [2.05, 4.69) is 37.3 Å². The molecule has 9 heteroatoms. The minimum Gasteiger partial charge on any atom is -0.493 e. The van der Waals surface area contributed by atoms with E-state index < -0.39 is 23.0 Å². The maximum absolute atomic E-state index is 14.5. The van der Waals surface area contributed by atoms with Crippen molar-refractivity contribution in [1.29, 1.82) is 0 Å². The van der Waals surface area contributed by atoms with Crippen molar-refractivity contribution in [2.24, 2.45) is 35.0 Å². The van der Waals surface area contributed by atoms with Gasteiger partial charge >= 0.3 is 11.9 Å². The molecule has 0 aromatic rings. The number of hydrogen-bond donors (Lipinski definition) is 0. The third-order valence-electron chi connectivity index (χ3n) is 10.4. The standard InChI is InChI=1S/C34H48O9/c1-22-18-34-25(17-23(22)19-40-20-37-3)12-9-7-6-8-11-24-15-16-26-27(13-10-14-28(26)41-21-38-4)33(24,2)32(36)42-29(30(34)39-5)31(35)43-34/h9,12,15-17,22,24-28H,6-8,10-11,13-14,18-21H2,1-5H3/b12-9+/t22-,24-,25-,26+,27-,28+,33-,34+/m1/s1. The van der Waals surface area contributed by atoms with Crippen LogP contribution in [0.5, 0.6) is 0 Å². The molecule has 9 nitrogen and oxygen atoms in total. The molecule has 5 aliphatic rings. The van der Waals surface area contributed by atoms with Gasteiger partial charge in [-0.2, -0.15) is 0 Å². The predicted octanol–water partition coefficient (Wildman–Crippen LogP) is 5.61. The first-order chi connectivity index (χ1) is 20.8. The molecule has 0 unspecified atom stereocenters. The Balaban J connectivity index is 1.53. The van der Waals surface area contributed by atoms with E-state index in [9.17, 15) is 9.59 Å². The van der Waals surface area contributed by atoms with E-state index in [1.54, 1.807) is 14.2 Å². The maximum Gasteiger partial charge on any atom is 0.379 e. The van der Waals surface area contributed by atoms with Crippen LogP contribution in [0.15, 0.2) is 47.5 Å². The molecule has 5 rings (SSSR count). The molecule has 0 amide bonds. The van der Waals surface area contributed by atoms with Crippen molar-refractivity contribution in [1.82, 2.24) is 0 Å². The molecule has 2 bridgehead atoms. The van der Waals surface area contributed by atoms with Gasteiger partial charge < -0.3 is 33.2 Å². The van der Waals surface area contributed by atoms with Gasteiger partial charge in [0, 0.05) is 32.5 Å². The highest BCUT2D eigenvalue weighted by Gasteiger charge is 2.60. The summed E-state index contributed by atoms with van der Waals surface area (Å²) < 4.78 is 40.4. The monoisotopic (exact) mass is 600 g/mol. The van der Waals surface area contributed by atoms with E-state index in [1.165, 1.54) is 7.11 Å². The highest BCUT2D eigenvalue weighted by atomic mass is 16.7. The molecule has 2 heterocycles. The van der Waals surface area contributed by atoms with Crippen LogP contribution in [0.3, 0.4) is 0 Å². The van der Waals surface area contributed by atoms with Crippen molar-refractivity contribution >= 4 is 11.9 Å². The van der Waals surface area contributed by atoms with Crippen LogP contribution >= 0.6 is 0 Å². The van der Waals surface area contributed by atoms with Crippen LogP contribution in [0.2, 0.25) is 0 Å². The number of carbonyl (C=O) groups is 2. The van der Waals surface area contributed by atoms with Crippen molar-refractivity contribution < 1.29 is 42.7 Å². The Labute approximate surface area is 255 Å². The molecular weight excluding hydrogens is 552 g/mol. The largest absolute Gasteiger partial charge is 0.493 e. The Bertz CT molecular complexity index is 1150. The zero-order valence-electron chi connectivity index (χ0n) is 26.3. The Morgan fingerprint density at radius 2 is 1.79 bits per heavy atom. The van der Waals surface area contributed by atoms with Crippen LogP contribution in [0.25, 0.3) is 0 Å². The summed E-state index contributed by atoms with van der Waals surface area (Å²) in [5.41, 5.74) is -0.847. The summed E-state index contributed by atoms with van der Waals surface area (Å²) in [6, 6.07) is 0. The van der Waals surface area contributed by atoms with Crippen molar-refractivity contribution in [3.63, 3.8) is 0 Å². The van der Waals surface area contributed by atoms with E-state index in [1.807, 2.05) is 6.92 Å². The van der Waals surface area contributed by atoms with E-state index in [4.69, 9.17) is 33.2 Å². The molecule has 238 valence electrons. The average Bonchev–Trinajstić information content (AvgIpc) is 3.25. The first-order valence-corrected chi connectivity index (χ1v) is 15.8. The fourth-order valence-corrected chi connectivity index (χ4v) is 8.14. The minimum absolute atomic E-state index is 0.0106. The van der Waals surface area contributed by atoms with Gasteiger partial charge in [-0.1, -0.05) is 50.1 Å². The molecule has 43 heavy (non-hydrogen) atoms. The van der Waals surface area contributed by atoms with Gasteiger partial charge in [-0.15, -0.1) is 0 Å². The number of esters is 2. The van der Waals surface area contributed by atoms with Gasteiger partial charge in [0.2, 0.25) is 0 Å². The van der Waals surface area contributed by atoms with Crippen molar-refractivity contribution in [2.45, 2.75) is 76.9 Å². The first-order valence-electron chi connectivity index (χ1n) is 15.8. The molecule has 1 spiro atoms. The third kappa shape index (κ3) is 5.98. The van der Waals surface area contributed by atoms with Gasteiger partial charge in [0.15, 0.2) is 11.4 Å². The molecule has 0 saturated heterocycles. The topological polar surface area (TPSA) is 98.8 Å². The second-order valence-electron chi connectivity index (χ2n) is 12.9. The zero-order chi connectivity index (χ0) is 30.6. The average molecular weight is 601 g/mol. The Morgan fingerprint density at radius 1 is 0.977 bits per heavy atom. The van der Waals surface area contributed by atoms with Gasteiger partial charge in [-0.3, -0.25) is 4.79 Å². The highest BCUT2D eigenvalue weighted by Crippen LogP contribution is 2.55. The number of methoxy groups -OCH3 is 3. The van der Waals surface area contributed by atoms with Crippen LogP contribution in [0, 0.1) is 35.0 Å². The molecule has 0 aromatic carbocycles. The molecule has 1 saturated carbocycles. The SMILES string of the molecule is COCOCC1=C[C@H]2/C=C/CCCC[C@@H]3C=C[C@@H]4[C@@H](OCOC)CCC[C@H]4[C@]3(C)C(=O)OC3=C(OC)[C@@]2(C[C@H]1C)OC3=O. The van der Waals surface area contributed by atoms with Crippen molar-refractivity contribution in [2.75, 3.05) is 41.5 Å².